The van der Waals surface area contributed by atoms with Crippen molar-refractivity contribution in [2.45, 2.75) is 0 Å². The molecule has 0 aliphatic heterocycles. The van der Waals surface area contributed by atoms with Crippen molar-refractivity contribution in [1.29, 1.82) is 0 Å². The minimum Gasteiger partial charge on any atom is -0.309 e. The summed E-state index contributed by atoms with van der Waals surface area (Å²) >= 11 is 0. The van der Waals surface area contributed by atoms with Gasteiger partial charge >= 0.3 is 0 Å². The Kier molecular flexibility index (Phi) is 6.86. The van der Waals surface area contributed by atoms with Crippen molar-refractivity contribution in [2.75, 3.05) is 0 Å². The zero-order valence-corrected chi connectivity index (χ0v) is 29.0. The lowest BCUT2D eigenvalue weighted by molar-refractivity contribution is 1.18. The zero-order chi connectivity index (χ0) is 33.8. The summed E-state index contributed by atoms with van der Waals surface area (Å²) in [5, 5.41) is 10.5. The Morgan fingerprint density at radius 3 is 1.31 bits per heavy atom. The van der Waals surface area contributed by atoms with Gasteiger partial charge in [-0.2, -0.15) is 0 Å². The van der Waals surface area contributed by atoms with E-state index < -0.39 is 8.07 Å². The SMILES string of the molecule is c1ccc(-n2c3ccccc3c3cc([Si](c4ccccc4)(c4ccccc4)c4ccccc4-n4c5ccccc5c5ccccc54)ccc32)cc1. The van der Waals surface area contributed by atoms with Crippen LogP contribution in [-0.2, 0) is 0 Å². The second-order valence-corrected chi connectivity index (χ2v) is 17.1. The van der Waals surface area contributed by atoms with Gasteiger partial charge < -0.3 is 9.13 Å². The molecular formula is C48H34N2Si. The first kappa shape index (κ1) is 29.5. The monoisotopic (exact) mass is 666 g/mol. The zero-order valence-electron chi connectivity index (χ0n) is 28.0. The van der Waals surface area contributed by atoms with Gasteiger partial charge in [0.25, 0.3) is 0 Å². The van der Waals surface area contributed by atoms with Gasteiger partial charge in [0.05, 0.1) is 22.1 Å². The van der Waals surface area contributed by atoms with E-state index in [-0.39, 0.29) is 0 Å². The van der Waals surface area contributed by atoms with Crippen LogP contribution in [0.5, 0.6) is 0 Å². The Morgan fingerprint density at radius 2 is 0.725 bits per heavy atom. The highest BCUT2D eigenvalue weighted by Gasteiger charge is 2.43. The molecule has 10 aromatic rings. The minimum absolute atomic E-state index is 1.17. The Morgan fingerprint density at radius 1 is 0.294 bits per heavy atom. The molecule has 0 aliphatic carbocycles. The lowest BCUT2D eigenvalue weighted by Crippen LogP contribution is -2.75. The van der Waals surface area contributed by atoms with Gasteiger partial charge in [0.2, 0.25) is 0 Å². The highest BCUT2D eigenvalue weighted by atomic mass is 28.3. The van der Waals surface area contributed by atoms with E-state index in [1.54, 1.807) is 0 Å². The van der Waals surface area contributed by atoms with Crippen molar-refractivity contribution in [2.24, 2.45) is 0 Å². The molecule has 0 N–H and O–H groups in total. The van der Waals surface area contributed by atoms with Crippen LogP contribution in [0, 0.1) is 0 Å². The third kappa shape index (κ3) is 4.42. The number of nitrogens with zero attached hydrogens (tertiary/aromatic N) is 2. The lowest BCUT2D eigenvalue weighted by atomic mass is 10.1. The molecule has 0 unspecified atom stereocenters. The fraction of sp³-hybridized carbons (Fsp3) is 0. The van der Waals surface area contributed by atoms with Crippen molar-refractivity contribution < 1.29 is 0 Å². The average molecular weight is 667 g/mol. The number of fused-ring (bicyclic) bond motifs is 6. The minimum atomic E-state index is -2.98. The fourth-order valence-corrected chi connectivity index (χ4v) is 13.5. The number of para-hydroxylation sites is 5. The number of hydrogen-bond acceptors (Lipinski definition) is 0. The van der Waals surface area contributed by atoms with Gasteiger partial charge in [0.1, 0.15) is 0 Å². The van der Waals surface area contributed by atoms with Crippen LogP contribution >= 0.6 is 0 Å². The smallest absolute Gasteiger partial charge is 0.181 e. The van der Waals surface area contributed by atoms with Crippen molar-refractivity contribution in [3.05, 3.63) is 206 Å². The summed E-state index contributed by atoms with van der Waals surface area (Å²) in [5.41, 5.74) is 7.26. The van der Waals surface area contributed by atoms with E-state index in [2.05, 4.69) is 215 Å². The van der Waals surface area contributed by atoms with E-state index in [1.807, 2.05) is 0 Å². The molecule has 0 fully saturated rings. The molecule has 0 amide bonds. The second kappa shape index (κ2) is 11.9. The summed E-state index contributed by atoms with van der Waals surface area (Å²) in [5.74, 6) is 0. The Labute approximate surface area is 298 Å². The topological polar surface area (TPSA) is 9.86 Å². The first-order chi connectivity index (χ1) is 25.3. The summed E-state index contributed by atoms with van der Waals surface area (Å²) in [6, 6.07) is 76.3. The van der Waals surface area contributed by atoms with Gasteiger partial charge in [-0.25, -0.2) is 0 Å². The van der Waals surface area contributed by atoms with Crippen molar-refractivity contribution >= 4 is 72.4 Å². The molecule has 2 aromatic heterocycles. The second-order valence-electron chi connectivity index (χ2n) is 13.3. The Balaban J connectivity index is 1.36. The van der Waals surface area contributed by atoms with E-state index >= 15 is 0 Å². The van der Waals surface area contributed by atoms with E-state index in [9.17, 15) is 0 Å². The van der Waals surface area contributed by atoms with Gasteiger partial charge in [0.15, 0.2) is 8.07 Å². The van der Waals surface area contributed by atoms with E-state index in [0.29, 0.717) is 0 Å². The number of aromatic nitrogens is 2. The lowest BCUT2D eigenvalue weighted by Gasteiger charge is -2.36. The van der Waals surface area contributed by atoms with Crippen LogP contribution in [0.2, 0.25) is 0 Å². The first-order valence-electron chi connectivity index (χ1n) is 17.6. The summed E-state index contributed by atoms with van der Waals surface area (Å²) in [6.07, 6.45) is 0. The summed E-state index contributed by atoms with van der Waals surface area (Å²) in [4.78, 5) is 0. The maximum Gasteiger partial charge on any atom is 0.181 e. The number of hydrogen-bond donors (Lipinski definition) is 0. The van der Waals surface area contributed by atoms with Gasteiger partial charge in [-0.15, -0.1) is 0 Å². The van der Waals surface area contributed by atoms with Crippen LogP contribution in [0.15, 0.2) is 206 Å². The molecule has 3 heteroatoms. The van der Waals surface area contributed by atoms with Crippen LogP contribution < -0.4 is 20.7 Å². The molecule has 0 saturated heterocycles. The van der Waals surface area contributed by atoms with Crippen molar-refractivity contribution in [3.8, 4) is 11.4 Å². The third-order valence-electron chi connectivity index (χ3n) is 10.7. The predicted molar refractivity (Wildman–Crippen MR) is 219 cm³/mol. The third-order valence-corrected chi connectivity index (χ3v) is 15.5. The van der Waals surface area contributed by atoms with Crippen molar-refractivity contribution in [1.82, 2.24) is 9.13 Å². The molecule has 0 atom stereocenters. The Bertz CT molecular complexity index is 2760. The molecule has 2 heterocycles. The summed E-state index contributed by atoms with van der Waals surface area (Å²) < 4.78 is 4.92. The molecule has 0 spiro atoms. The van der Waals surface area contributed by atoms with Gasteiger partial charge in [0, 0.05) is 32.9 Å². The van der Waals surface area contributed by atoms with E-state index in [0.717, 1.165) is 0 Å². The van der Waals surface area contributed by atoms with Crippen LogP contribution in [0.4, 0.5) is 0 Å². The molecule has 2 nitrogen and oxygen atoms in total. The Hall–Kier alpha value is -6.42. The normalized spacial score (nSPS) is 11.9. The standard InChI is InChI=1S/C48H34N2Si/c1-4-18-35(19-5-1)49-43-27-13-12-26-41(43)42-34-38(32-33-46(42)49)51(36-20-6-2-7-21-36,37-22-8-3-9-23-37)48-31-17-16-30-47(48)50-44-28-14-10-24-39(44)40-25-11-15-29-45(40)50/h1-34H. The van der Waals surface area contributed by atoms with Crippen LogP contribution in [0.25, 0.3) is 55.0 Å². The number of rotatable bonds is 6. The van der Waals surface area contributed by atoms with Gasteiger partial charge in [-0.05, 0) is 63.2 Å². The molecular weight excluding hydrogens is 633 g/mol. The molecule has 0 bridgehead atoms. The maximum atomic E-state index is 2.52. The predicted octanol–water partition coefficient (Wildman–Crippen LogP) is 9.26. The van der Waals surface area contributed by atoms with Crippen LogP contribution in [-0.4, -0.2) is 17.2 Å². The highest BCUT2D eigenvalue weighted by Crippen LogP contribution is 2.34. The summed E-state index contributed by atoms with van der Waals surface area (Å²) in [7, 11) is -2.98. The van der Waals surface area contributed by atoms with E-state index in [1.165, 1.54) is 75.7 Å². The van der Waals surface area contributed by atoms with Gasteiger partial charge in [-0.3, -0.25) is 0 Å². The maximum absolute atomic E-state index is 2.98. The van der Waals surface area contributed by atoms with Crippen LogP contribution in [0.1, 0.15) is 0 Å². The average Bonchev–Trinajstić information content (AvgIpc) is 3.72. The molecule has 51 heavy (non-hydrogen) atoms. The molecule has 10 rings (SSSR count). The molecule has 0 radical (unpaired) electrons. The largest absolute Gasteiger partial charge is 0.309 e. The van der Waals surface area contributed by atoms with Gasteiger partial charge in [-0.1, -0.05) is 164 Å². The molecule has 0 saturated carbocycles. The highest BCUT2D eigenvalue weighted by molar-refractivity contribution is 7.20. The van der Waals surface area contributed by atoms with E-state index in [4.69, 9.17) is 0 Å². The number of benzene rings is 8. The van der Waals surface area contributed by atoms with Crippen molar-refractivity contribution in [3.63, 3.8) is 0 Å². The fourth-order valence-electron chi connectivity index (χ4n) is 8.57. The molecule has 8 aromatic carbocycles. The quantitative estimate of drug-likeness (QED) is 0.124. The first-order valence-corrected chi connectivity index (χ1v) is 19.6. The summed E-state index contributed by atoms with van der Waals surface area (Å²) in [6.45, 7) is 0. The molecule has 0 aliphatic rings. The van der Waals surface area contributed by atoms with Crippen LogP contribution in [0.3, 0.4) is 0 Å². The molecule has 240 valence electrons.